The van der Waals surface area contributed by atoms with Gasteiger partial charge in [-0.3, -0.25) is 9.59 Å². The van der Waals surface area contributed by atoms with Crippen LogP contribution in [-0.2, 0) is 16.0 Å². The minimum atomic E-state index is -0.202. The van der Waals surface area contributed by atoms with Gasteiger partial charge in [0.2, 0.25) is 5.78 Å². The number of aromatic hydroxyl groups is 1. The van der Waals surface area contributed by atoms with Gasteiger partial charge in [0.15, 0.2) is 0 Å². The van der Waals surface area contributed by atoms with Crippen LogP contribution in [0.5, 0.6) is 5.75 Å². The second-order valence-electron chi connectivity index (χ2n) is 6.05. The van der Waals surface area contributed by atoms with Crippen molar-refractivity contribution in [3.05, 3.63) is 71.5 Å². The molecule has 0 saturated carbocycles. The van der Waals surface area contributed by atoms with Gasteiger partial charge >= 0.3 is 5.97 Å². The zero-order chi connectivity index (χ0) is 18.5. The lowest BCUT2D eigenvalue weighted by molar-refractivity contribution is -0.143. The minimum absolute atomic E-state index is 0.0615. The highest BCUT2D eigenvalue weighted by atomic mass is 16.5. The van der Waals surface area contributed by atoms with Crippen LogP contribution in [0, 0.1) is 0 Å². The smallest absolute Gasteiger partial charge is 0.305 e. The average Bonchev–Trinajstić information content (AvgIpc) is 3.00. The molecule has 0 spiro atoms. The standard InChI is InChI=1S/C21H21NO4/c1-2-26-20(24)11-6-7-15-14-19(22-12-4-3-10-18(15)22)21(25)16-8-5-9-17(23)13-16/h3-5,8-10,12-14,23H,2,6-7,11H2,1H3. The summed E-state index contributed by atoms with van der Waals surface area (Å²) in [7, 11) is 0. The third kappa shape index (κ3) is 3.77. The molecule has 3 aromatic rings. The summed E-state index contributed by atoms with van der Waals surface area (Å²) < 4.78 is 6.81. The number of fused-ring (bicyclic) bond motifs is 1. The monoisotopic (exact) mass is 351 g/mol. The normalized spacial score (nSPS) is 10.8. The van der Waals surface area contributed by atoms with Crippen LogP contribution in [0.1, 0.15) is 41.4 Å². The third-order valence-electron chi connectivity index (χ3n) is 4.23. The molecule has 134 valence electrons. The predicted octanol–water partition coefficient (Wildman–Crippen LogP) is 3.76. The van der Waals surface area contributed by atoms with E-state index in [4.69, 9.17) is 4.74 Å². The van der Waals surface area contributed by atoms with Gasteiger partial charge in [-0.1, -0.05) is 18.2 Å². The number of esters is 1. The molecule has 0 amide bonds. The molecule has 0 bridgehead atoms. The van der Waals surface area contributed by atoms with Gasteiger partial charge in [-0.15, -0.1) is 0 Å². The molecule has 26 heavy (non-hydrogen) atoms. The van der Waals surface area contributed by atoms with E-state index in [0.29, 0.717) is 37.1 Å². The van der Waals surface area contributed by atoms with Crippen molar-refractivity contribution in [2.24, 2.45) is 0 Å². The SMILES string of the molecule is CCOC(=O)CCCc1cc(C(=O)c2cccc(O)c2)n2ccccc12. The van der Waals surface area contributed by atoms with Gasteiger partial charge in [-0.2, -0.15) is 0 Å². The lowest BCUT2D eigenvalue weighted by Crippen LogP contribution is -2.04. The summed E-state index contributed by atoms with van der Waals surface area (Å²) in [4.78, 5) is 24.4. The van der Waals surface area contributed by atoms with Gasteiger partial charge < -0.3 is 14.2 Å². The van der Waals surface area contributed by atoms with E-state index in [-0.39, 0.29) is 17.5 Å². The van der Waals surface area contributed by atoms with Gasteiger partial charge in [-0.25, -0.2) is 0 Å². The van der Waals surface area contributed by atoms with Crippen LogP contribution in [0.4, 0.5) is 0 Å². The highest BCUT2D eigenvalue weighted by molar-refractivity contribution is 6.09. The minimum Gasteiger partial charge on any atom is -0.508 e. The highest BCUT2D eigenvalue weighted by Crippen LogP contribution is 2.23. The first-order valence-electron chi connectivity index (χ1n) is 8.68. The van der Waals surface area contributed by atoms with E-state index in [2.05, 4.69) is 0 Å². The maximum absolute atomic E-state index is 12.9. The Hall–Kier alpha value is -3.08. The number of hydrogen-bond donors (Lipinski definition) is 1. The molecule has 2 heterocycles. The van der Waals surface area contributed by atoms with Crippen molar-refractivity contribution in [3.63, 3.8) is 0 Å². The fourth-order valence-electron chi connectivity index (χ4n) is 3.05. The molecule has 0 fully saturated rings. The number of benzene rings is 1. The van der Waals surface area contributed by atoms with Crippen molar-refractivity contribution in [3.8, 4) is 5.75 Å². The quantitative estimate of drug-likeness (QED) is 0.520. The topological polar surface area (TPSA) is 68.0 Å². The first-order chi connectivity index (χ1) is 12.6. The number of phenols is 1. The maximum atomic E-state index is 12.9. The Morgan fingerprint density at radius 2 is 1.96 bits per heavy atom. The second-order valence-corrected chi connectivity index (χ2v) is 6.05. The molecule has 5 nitrogen and oxygen atoms in total. The number of phenolic OH excluding ortho intramolecular Hbond substituents is 1. The van der Waals surface area contributed by atoms with Crippen LogP contribution in [0.3, 0.4) is 0 Å². The Labute approximate surface area is 151 Å². The summed E-state index contributed by atoms with van der Waals surface area (Å²) in [5.41, 5.74) is 2.93. The number of ketones is 1. The van der Waals surface area contributed by atoms with Crippen LogP contribution in [0.2, 0.25) is 0 Å². The highest BCUT2D eigenvalue weighted by Gasteiger charge is 2.17. The number of aromatic nitrogens is 1. The predicted molar refractivity (Wildman–Crippen MR) is 98.5 cm³/mol. The fraction of sp³-hybridized carbons (Fsp3) is 0.238. The molecule has 5 heteroatoms. The van der Waals surface area contributed by atoms with Crippen molar-refractivity contribution in [2.45, 2.75) is 26.2 Å². The van der Waals surface area contributed by atoms with Gasteiger partial charge in [0.1, 0.15) is 5.75 Å². The summed E-state index contributed by atoms with van der Waals surface area (Å²) in [5, 5.41) is 9.64. The molecule has 0 aliphatic carbocycles. The zero-order valence-electron chi connectivity index (χ0n) is 14.6. The lowest BCUT2D eigenvalue weighted by Gasteiger charge is -2.03. The van der Waals surface area contributed by atoms with E-state index >= 15 is 0 Å². The number of hydrogen-bond acceptors (Lipinski definition) is 4. The van der Waals surface area contributed by atoms with Gasteiger partial charge in [-0.05, 0) is 55.7 Å². The van der Waals surface area contributed by atoms with E-state index in [1.54, 1.807) is 19.1 Å². The number of rotatable bonds is 7. The van der Waals surface area contributed by atoms with Crippen LogP contribution < -0.4 is 0 Å². The van der Waals surface area contributed by atoms with E-state index in [1.807, 2.05) is 34.9 Å². The van der Waals surface area contributed by atoms with E-state index < -0.39 is 0 Å². The molecule has 0 aliphatic heterocycles. The van der Waals surface area contributed by atoms with Crippen LogP contribution in [0.25, 0.3) is 5.52 Å². The van der Waals surface area contributed by atoms with Crippen molar-refractivity contribution < 1.29 is 19.4 Å². The molecule has 3 rings (SSSR count). The van der Waals surface area contributed by atoms with Crippen LogP contribution >= 0.6 is 0 Å². The number of carbonyl (C=O) groups excluding carboxylic acids is 2. The molecular weight excluding hydrogens is 330 g/mol. The summed E-state index contributed by atoms with van der Waals surface area (Å²) in [6.07, 6.45) is 3.54. The Morgan fingerprint density at radius 3 is 2.73 bits per heavy atom. The van der Waals surface area contributed by atoms with E-state index in [0.717, 1.165) is 11.1 Å². The molecule has 1 aromatic carbocycles. The summed E-state index contributed by atoms with van der Waals surface area (Å²) in [5.74, 6) is -0.294. The third-order valence-corrected chi connectivity index (χ3v) is 4.23. The van der Waals surface area contributed by atoms with Crippen LogP contribution in [0.15, 0.2) is 54.7 Å². The maximum Gasteiger partial charge on any atom is 0.305 e. The Kier molecular flexibility index (Phi) is 5.37. The molecule has 1 N–H and O–H groups in total. The summed E-state index contributed by atoms with van der Waals surface area (Å²) in [6, 6.07) is 14.0. The molecule has 0 aliphatic rings. The number of aryl methyl sites for hydroxylation is 1. The van der Waals surface area contributed by atoms with Crippen molar-refractivity contribution in [2.75, 3.05) is 6.61 Å². The molecular formula is C21H21NO4. The zero-order valence-corrected chi connectivity index (χ0v) is 14.6. The average molecular weight is 351 g/mol. The number of ether oxygens (including phenoxy) is 1. The van der Waals surface area contributed by atoms with Crippen molar-refractivity contribution >= 4 is 17.3 Å². The molecule has 0 atom stereocenters. The van der Waals surface area contributed by atoms with Gasteiger partial charge in [0.05, 0.1) is 12.3 Å². The Bertz CT molecular complexity index is 942. The Balaban J connectivity index is 1.87. The number of carbonyl (C=O) groups is 2. The summed E-state index contributed by atoms with van der Waals surface area (Å²) in [6.45, 7) is 2.18. The molecule has 0 unspecified atom stereocenters. The van der Waals surface area contributed by atoms with Crippen LogP contribution in [-0.4, -0.2) is 27.9 Å². The number of pyridine rings is 1. The fourth-order valence-corrected chi connectivity index (χ4v) is 3.05. The Morgan fingerprint density at radius 1 is 1.12 bits per heavy atom. The number of nitrogens with zero attached hydrogens (tertiary/aromatic N) is 1. The largest absolute Gasteiger partial charge is 0.508 e. The second kappa shape index (κ2) is 7.87. The van der Waals surface area contributed by atoms with Gasteiger partial charge in [0.25, 0.3) is 0 Å². The molecule has 2 aromatic heterocycles. The first kappa shape index (κ1) is 17.7. The van der Waals surface area contributed by atoms with Gasteiger partial charge in [0, 0.05) is 23.7 Å². The summed E-state index contributed by atoms with van der Waals surface area (Å²) >= 11 is 0. The van der Waals surface area contributed by atoms with Crippen molar-refractivity contribution in [1.29, 1.82) is 0 Å². The first-order valence-corrected chi connectivity index (χ1v) is 8.68. The van der Waals surface area contributed by atoms with Crippen molar-refractivity contribution in [1.82, 2.24) is 4.40 Å². The lowest BCUT2D eigenvalue weighted by atomic mass is 10.1. The molecule has 0 saturated heterocycles. The molecule has 0 radical (unpaired) electrons. The van der Waals surface area contributed by atoms with E-state index in [1.165, 1.54) is 12.1 Å². The van der Waals surface area contributed by atoms with E-state index in [9.17, 15) is 14.7 Å².